The lowest BCUT2D eigenvalue weighted by Gasteiger charge is -2.32. The number of amides is 2. The summed E-state index contributed by atoms with van der Waals surface area (Å²) in [5.74, 6) is 0.498. The van der Waals surface area contributed by atoms with Crippen molar-refractivity contribution >= 4 is 29.1 Å². The van der Waals surface area contributed by atoms with Crippen LogP contribution in [0.2, 0.25) is 5.02 Å². The zero-order valence-corrected chi connectivity index (χ0v) is 13.6. The van der Waals surface area contributed by atoms with Crippen molar-refractivity contribution in [2.24, 2.45) is 11.8 Å². The van der Waals surface area contributed by atoms with Gasteiger partial charge in [-0.05, 0) is 43.0 Å². The van der Waals surface area contributed by atoms with Gasteiger partial charge in [0, 0.05) is 36.8 Å². The van der Waals surface area contributed by atoms with Gasteiger partial charge in [-0.3, -0.25) is 9.59 Å². The summed E-state index contributed by atoms with van der Waals surface area (Å²) >= 11 is 5.88. The third kappa shape index (κ3) is 3.12. The molecule has 2 amide bonds. The van der Waals surface area contributed by atoms with Crippen LogP contribution in [0.5, 0.6) is 0 Å². The zero-order valence-electron chi connectivity index (χ0n) is 12.8. The molecule has 0 bridgehead atoms. The lowest BCUT2D eigenvalue weighted by Crippen LogP contribution is -2.43. The third-order valence-corrected chi connectivity index (χ3v) is 4.83. The second-order valence-corrected chi connectivity index (χ2v) is 6.85. The number of anilines is 1. The largest absolute Gasteiger partial charge is 0.342 e. The van der Waals surface area contributed by atoms with E-state index in [0.717, 1.165) is 25.2 Å². The number of halogens is 1. The molecule has 22 heavy (non-hydrogen) atoms. The topological polar surface area (TPSA) is 40.6 Å². The molecule has 5 heteroatoms. The van der Waals surface area contributed by atoms with Crippen LogP contribution >= 0.6 is 11.6 Å². The molecular formula is C17H21ClN2O2. The summed E-state index contributed by atoms with van der Waals surface area (Å²) in [4.78, 5) is 28.5. The predicted molar refractivity (Wildman–Crippen MR) is 86.9 cm³/mol. The van der Waals surface area contributed by atoms with Crippen LogP contribution in [0.1, 0.15) is 26.2 Å². The van der Waals surface area contributed by atoms with Gasteiger partial charge in [0.1, 0.15) is 0 Å². The molecule has 0 radical (unpaired) electrons. The summed E-state index contributed by atoms with van der Waals surface area (Å²) in [6.07, 6.45) is 2.56. The van der Waals surface area contributed by atoms with Gasteiger partial charge in [0.25, 0.3) is 0 Å². The van der Waals surface area contributed by atoms with E-state index >= 15 is 0 Å². The predicted octanol–water partition coefficient (Wildman–Crippen LogP) is 2.95. The van der Waals surface area contributed by atoms with Gasteiger partial charge in [0.05, 0.1) is 5.92 Å². The first-order valence-corrected chi connectivity index (χ1v) is 8.27. The van der Waals surface area contributed by atoms with E-state index in [-0.39, 0.29) is 17.7 Å². The number of benzene rings is 1. The van der Waals surface area contributed by atoms with Crippen molar-refractivity contribution in [2.75, 3.05) is 24.5 Å². The number of nitrogens with zero attached hydrogens (tertiary/aromatic N) is 2. The minimum absolute atomic E-state index is 0.0192. The van der Waals surface area contributed by atoms with Gasteiger partial charge >= 0.3 is 0 Å². The summed E-state index contributed by atoms with van der Waals surface area (Å²) in [5, 5.41) is 0.644. The molecule has 0 N–H and O–H groups in total. The maximum atomic E-state index is 12.6. The molecule has 0 unspecified atom stereocenters. The smallest absolute Gasteiger partial charge is 0.228 e. The van der Waals surface area contributed by atoms with E-state index in [9.17, 15) is 9.59 Å². The highest BCUT2D eigenvalue weighted by molar-refractivity contribution is 6.30. The maximum absolute atomic E-state index is 12.6. The van der Waals surface area contributed by atoms with Crippen molar-refractivity contribution < 1.29 is 9.59 Å². The van der Waals surface area contributed by atoms with Crippen LogP contribution < -0.4 is 4.90 Å². The van der Waals surface area contributed by atoms with Crippen LogP contribution in [0.4, 0.5) is 5.69 Å². The highest BCUT2D eigenvalue weighted by atomic mass is 35.5. The average Bonchev–Trinajstić information content (AvgIpc) is 2.89. The second-order valence-electron chi connectivity index (χ2n) is 6.41. The normalized spacial score (nSPS) is 25.6. The monoisotopic (exact) mass is 320 g/mol. The van der Waals surface area contributed by atoms with E-state index in [1.165, 1.54) is 6.42 Å². The van der Waals surface area contributed by atoms with Crippen molar-refractivity contribution in [1.29, 1.82) is 0 Å². The van der Waals surface area contributed by atoms with Crippen LogP contribution in [-0.4, -0.2) is 36.3 Å². The van der Waals surface area contributed by atoms with E-state index in [1.54, 1.807) is 17.0 Å². The van der Waals surface area contributed by atoms with Crippen molar-refractivity contribution in [1.82, 2.24) is 4.90 Å². The Morgan fingerprint density at radius 1 is 1.23 bits per heavy atom. The standard InChI is InChI=1S/C17H21ClN2O2/c1-12-3-2-8-19(10-12)17(22)13-9-16(21)20(11-13)15-6-4-14(18)5-7-15/h4-7,12-13H,2-3,8-11H2,1H3/t12-,13-/m1/s1. The Morgan fingerprint density at radius 3 is 2.64 bits per heavy atom. The van der Waals surface area contributed by atoms with Gasteiger partial charge in [-0.25, -0.2) is 0 Å². The Labute approximate surface area is 136 Å². The molecule has 2 heterocycles. The molecule has 3 rings (SSSR count). The summed E-state index contributed by atoms with van der Waals surface area (Å²) < 4.78 is 0. The number of hydrogen-bond acceptors (Lipinski definition) is 2. The molecule has 0 spiro atoms. The van der Waals surface area contributed by atoms with Gasteiger partial charge in [-0.2, -0.15) is 0 Å². The van der Waals surface area contributed by atoms with Gasteiger partial charge < -0.3 is 9.80 Å². The SMILES string of the molecule is C[C@@H]1CCCN(C(=O)[C@@H]2CC(=O)N(c3ccc(Cl)cc3)C2)C1. The lowest BCUT2D eigenvalue weighted by molar-refractivity contribution is -0.137. The van der Waals surface area contributed by atoms with Crippen molar-refractivity contribution in [3.8, 4) is 0 Å². The number of rotatable bonds is 2. The molecule has 1 aromatic carbocycles. The first kappa shape index (κ1) is 15.3. The summed E-state index contributed by atoms with van der Waals surface area (Å²) in [6.45, 7) is 4.31. The number of carbonyl (C=O) groups excluding carboxylic acids is 2. The quantitative estimate of drug-likeness (QED) is 0.840. The molecule has 2 atom stereocenters. The van der Waals surface area contributed by atoms with Gasteiger partial charge in [0.2, 0.25) is 11.8 Å². The van der Waals surface area contributed by atoms with Crippen molar-refractivity contribution in [3.05, 3.63) is 29.3 Å². The number of piperidine rings is 1. The Bertz CT molecular complexity index is 573. The molecule has 0 aliphatic carbocycles. The highest BCUT2D eigenvalue weighted by Crippen LogP contribution is 2.28. The number of likely N-dealkylation sites (tertiary alicyclic amines) is 1. The van der Waals surface area contributed by atoms with Crippen LogP contribution in [0.3, 0.4) is 0 Å². The van der Waals surface area contributed by atoms with Crippen molar-refractivity contribution in [3.63, 3.8) is 0 Å². The minimum atomic E-state index is -0.214. The van der Waals surface area contributed by atoms with E-state index in [0.29, 0.717) is 23.9 Å². The highest BCUT2D eigenvalue weighted by Gasteiger charge is 2.37. The second kappa shape index (κ2) is 6.29. The van der Waals surface area contributed by atoms with E-state index in [2.05, 4.69) is 6.92 Å². The Morgan fingerprint density at radius 2 is 1.95 bits per heavy atom. The molecular weight excluding hydrogens is 300 g/mol. The van der Waals surface area contributed by atoms with Gasteiger partial charge in [-0.1, -0.05) is 18.5 Å². The third-order valence-electron chi connectivity index (χ3n) is 4.58. The van der Waals surface area contributed by atoms with E-state index < -0.39 is 0 Å². The summed E-state index contributed by atoms with van der Waals surface area (Å²) in [7, 11) is 0. The van der Waals surface area contributed by atoms with Gasteiger partial charge in [-0.15, -0.1) is 0 Å². The summed E-state index contributed by atoms with van der Waals surface area (Å²) in [5.41, 5.74) is 0.816. The molecule has 0 saturated carbocycles. The lowest BCUT2D eigenvalue weighted by atomic mass is 9.98. The van der Waals surface area contributed by atoms with Crippen LogP contribution in [0.25, 0.3) is 0 Å². The first-order valence-electron chi connectivity index (χ1n) is 7.89. The number of hydrogen-bond donors (Lipinski definition) is 0. The van der Waals surface area contributed by atoms with Crippen LogP contribution in [0, 0.1) is 11.8 Å². The summed E-state index contributed by atoms with van der Waals surface area (Å²) in [6, 6.07) is 7.20. The first-order chi connectivity index (χ1) is 10.5. The maximum Gasteiger partial charge on any atom is 0.228 e. The Balaban J connectivity index is 1.68. The average molecular weight is 321 g/mol. The van der Waals surface area contributed by atoms with Crippen molar-refractivity contribution in [2.45, 2.75) is 26.2 Å². The molecule has 4 nitrogen and oxygen atoms in total. The molecule has 2 saturated heterocycles. The Kier molecular flexibility index (Phi) is 4.39. The fraction of sp³-hybridized carbons (Fsp3) is 0.529. The van der Waals surface area contributed by atoms with Crippen LogP contribution in [-0.2, 0) is 9.59 Å². The number of carbonyl (C=O) groups is 2. The van der Waals surface area contributed by atoms with Crippen LogP contribution in [0.15, 0.2) is 24.3 Å². The molecule has 0 aromatic heterocycles. The molecule has 118 valence electrons. The zero-order chi connectivity index (χ0) is 15.7. The van der Waals surface area contributed by atoms with E-state index in [4.69, 9.17) is 11.6 Å². The fourth-order valence-corrected chi connectivity index (χ4v) is 3.52. The fourth-order valence-electron chi connectivity index (χ4n) is 3.39. The molecule has 2 fully saturated rings. The Hall–Kier alpha value is -1.55. The molecule has 2 aliphatic rings. The van der Waals surface area contributed by atoms with E-state index in [1.807, 2.05) is 17.0 Å². The molecule has 1 aromatic rings. The van der Waals surface area contributed by atoms with Gasteiger partial charge in [0.15, 0.2) is 0 Å². The molecule has 2 aliphatic heterocycles. The minimum Gasteiger partial charge on any atom is -0.342 e.